The number of para-hydroxylation sites is 2. The smallest absolute Gasteiger partial charge is 0.260 e. The van der Waals surface area contributed by atoms with E-state index in [9.17, 15) is 14.4 Å². The highest BCUT2D eigenvalue weighted by Crippen LogP contribution is 2.45. The van der Waals surface area contributed by atoms with Crippen LogP contribution in [0.4, 0.5) is 28.4 Å². The number of carbonyl (C=O) groups is 3. The zero-order valence-electron chi connectivity index (χ0n) is 46.5. The Hall–Kier alpha value is -6.11. The third-order valence-corrected chi connectivity index (χ3v) is 18.2. The Balaban J connectivity index is 1.02. The lowest BCUT2D eigenvalue weighted by Gasteiger charge is -2.34. The molecule has 5 aromatic carbocycles. The van der Waals surface area contributed by atoms with Gasteiger partial charge in [-0.05, 0) is 97.8 Å². The molecular weight excluding hydrogens is 1030 g/mol. The van der Waals surface area contributed by atoms with Gasteiger partial charge in [-0.15, -0.1) is 0 Å². The van der Waals surface area contributed by atoms with Gasteiger partial charge in [-0.3, -0.25) is 14.4 Å². The summed E-state index contributed by atoms with van der Waals surface area (Å²) < 4.78 is 42.3. The predicted octanol–water partition coefficient (Wildman–Crippen LogP) is 10.3. The van der Waals surface area contributed by atoms with Gasteiger partial charge in [-0.2, -0.15) is 0 Å². The highest BCUT2D eigenvalue weighted by atomic mass is 33.1. The number of Topliss-reactive ketones (excluding diaryl/α,β-unsaturated/α-hetero) is 1. The summed E-state index contributed by atoms with van der Waals surface area (Å²) in [5, 5.41) is 0. The fraction of sp³-hybridized carbons (Fsp3) is 0.459. The van der Waals surface area contributed by atoms with Crippen LogP contribution in [-0.2, 0) is 45.1 Å². The summed E-state index contributed by atoms with van der Waals surface area (Å²) in [5.41, 5.74) is 9.68. The van der Waals surface area contributed by atoms with Crippen LogP contribution in [-0.4, -0.2) is 135 Å². The van der Waals surface area contributed by atoms with E-state index in [0.717, 1.165) is 64.6 Å². The second-order valence-electron chi connectivity index (χ2n) is 21.0. The summed E-state index contributed by atoms with van der Waals surface area (Å²) in [6.07, 6.45) is 3.59. The Bertz CT molecular complexity index is 2780. The maximum absolute atomic E-state index is 14.4. The van der Waals surface area contributed by atoms with Crippen molar-refractivity contribution in [2.45, 2.75) is 82.9 Å². The molecule has 0 fully saturated rings. The molecule has 0 radical (unpaired) electrons. The Morgan fingerprint density at radius 2 is 1.17 bits per heavy atom. The second-order valence-corrected chi connectivity index (χ2v) is 24.1. The number of ketones is 1. The number of methoxy groups -OCH3 is 3. The van der Waals surface area contributed by atoms with Crippen LogP contribution in [0.5, 0.6) is 23.0 Å². The van der Waals surface area contributed by atoms with Crippen molar-refractivity contribution >= 4 is 67.6 Å². The van der Waals surface area contributed by atoms with E-state index in [1.807, 2.05) is 102 Å². The number of fused-ring (bicyclic) bond motifs is 8. The third-order valence-electron chi connectivity index (χ3n) is 14.8. The van der Waals surface area contributed by atoms with E-state index in [2.05, 4.69) is 58.9 Å². The predicted molar refractivity (Wildman–Crippen MR) is 314 cm³/mol. The Morgan fingerprint density at radius 1 is 0.654 bits per heavy atom. The fourth-order valence-corrected chi connectivity index (χ4v) is 13.6. The van der Waals surface area contributed by atoms with Gasteiger partial charge < -0.3 is 57.7 Å². The molecule has 0 saturated heterocycles. The number of amides is 2. The van der Waals surface area contributed by atoms with E-state index in [1.165, 1.54) is 11.1 Å². The number of nitrogens with zero attached hydrogens (tertiary/aromatic N) is 5. The monoisotopic (exact) mass is 1100 g/mol. The number of hydrogen-bond acceptors (Lipinski definition) is 15. The van der Waals surface area contributed by atoms with Crippen molar-refractivity contribution in [1.29, 1.82) is 0 Å². The molecule has 17 heteroatoms. The highest BCUT2D eigenvalue weighted by Gasteiger charge is 2.41. The third kappa shape index (κ3) is 13.0. The molecule has 2 atom stereocenters. The minimum Gasteiger partial charge on any atom is -0.493 e. The van der Waals surface area contributed by atoms with Crippen molar-refractivity contribution in [3.63, 3.8) is 0 Å². The normalized spacial score (nSPS) is 16.4. The van der Waals surface area contributed by atoms with Gasteiger partial charge in [0, 0.05) is 99.9 Å². The van der Waals surface area contributed by atoms with Crippen molar-refractivity contribution in [3.05, 3.63) is 124 Å². The molecule has 0 spiro atoms. The zero-order chi connectivity index (χ0) is 54.9. The maximum atomic E-state index is 14.4. The molecule has 0 aromatic heterocycles. The molecule has 0 bridgehead atoms. The number of benzene rings is 5. The van der Waals surface area contributed by atoms with Crippen LogP contribution in [0.1, 0.15) is 83.0 Å². The minimum atomic E-state index is -0.211. The number of likely N-dealkylation sites (N-methyl/N-ethyl adjacent to an activating group) is 2. The molecule has 4 aliphatic rings. The lowest BCUT2D eigenvalue weighted by Crippen LogP contribution is -2.41. The first-order chi connectivity index (χ1) is 37.8. The molecule has 0 unspecified atom stereocenters. The van der Waals surface area contributed by atoms with Gasteiger partial charge >= 0.3 is 0 Å². The van der Waals surface area contributed by atoms with Crippen LogP contribution in [0.2, 0.25) is 0 Å². The molecule has 2 amide bonds. The molecule has 78 heavy (non-hydrogen) atoms. The van der Waals surface area contributed by atoms with Crippen molar-refractivity contribution in [2.75, 3.05) is 125 Å². The van der Waals surface area contributed by atoms with Gasteiger partial charge in [-0.1, -0.05) is 64.9 Å². The van der Waals surface area contributed by atoms with Crippen LogP contribution >= 0.6 is 21.6 Å². The first-order valence-electron chi connectivity index (χ1n) is 27.1. The summed E-state index contributed by atoms with van der Waals surface area (Å²) in [5.74, 6) is 3.02. The Morgan fingerprint density at radius 3 is 1.68 bits per heavy atom. The molecule has 9 rings (SSSR count). The highest BCUT2D eigenvalue weighted by molar-refractivity contribution is 8.77. The topological polar surface area (TPSA) is 132 Å². The maximum Gasteiger partial charge on any atom is 0.260 e. The number of carbonyl (C=O) groups excluding carboxylic acids is 3. The summed E-state index contributed by atoms with van der Waals surface area (Å²) in [6.45, 7) is 11.8. The average Bonchev–Trinajstić information content (AvgIpc) is 4.20. The van der Waals surface area contributed by atoms with E-state index in [-0.39, 0.29) is 41.9 Å². The molecule has 5 aromatic rings. The van der Waals surface area contributed by atoms with Crippen LogP contribution < -0.4 is 43.4 Å². The molecule has 4 heterocycles. The van der Waals surface area contributed by atoms with Gasteiger partial charge in [0.15, 0.2) is 23.0 Å². The van der Waals surface area contributed by atoms with Crippen LogP contribution in [0.15, 0.2) is 91.0 Å². The molecule has 0 N–H and O–H groups in total. The lowest BCUT2D eigenvalue weighted by atomic mass is 10.1. The number of anilines is 5. The number of rotatable bonds is 27. The zero-order valence-corrected chi connectivity index (χ0v) is 48.1. The summed E-state index contributed by atoms with van der Waals surface area (Å²) in [4.78, 5) is 51.5. The molecule has 0 saturated carbocycles. The summed E-state index contributed by atoms with van der Waals surface area (Å²) >= 11 is 0. The van der Waals surface area contributed by atoms with E-state index in [1.54, 1.807) is 32.1 Å². The molecule has 0 aliphatic carbocycles. The number of ether oxygens (including phenoxy) is 7. The molecule has 416 valence electrons. The van der Waals surface area contributed by atoms with Crippen LogP contribution in [0.3, 0.4) is 0 Å². The SMILES string of the molecule is CCC(=O)CCCSSC(C)(C)CN(CCOCCOCCOC)c1cc(COc2cc3c(cc2OC)C(=O)N2c4ccccc4C[C@H]2CN3C)cc(COc2cc3c(cc2OC)C(=O)N2c4ccccc4C[C@H]2CN3C)c1. The van der Waals surface area contributed by atoms with Gasteiger partial charge in [0.05, 0.1) is 81.8 Å². The fourth-order valence-electron chi connectivity index (χ4n) is 11.0. The lowest BCUT2D eigenvalue weighted by molar-refractivity contribution is -0.118. The van der Waals surface area contributed by atoms with Gasteiger partial charge in [0.25, 0.3) is 11.8 Å². The minimum absolute atomic E-state index is 0.00268. The van der Waals surface area contributed by atoms with E-state index in [4.69, 9.17) is 33.2 Å². The van der Waals surface area contributed by atoms with Crippen LogP contribution in [0.25, 0.3) is 0 Å². The van der Waals surface area contributed by atoms with Gasteiger partial charge in [0.1, 0.15) is 19.0 Å². The van der Waals surface area contributed by atoms with E-state index >= 15 is 0 Å². The Kier molecular flexibility index (Phi) is 18.7. The quantitative estimate of drug-likeness (QED) is 0.0365. The second kappa shape index (κ2) is 25.8. The first kappa shape index (κ1) is 56.6. The first-order valence-corrected chi connectivity index (χ1v) is 29.4. The van der Waals surface area contributed by atoms with Gasteiger partial charge in [-0.25, -0.2) is 0 Å². The van der Waals surface area contributed by atoms with Crippen LogP contribution in [0, 0.1) is 0 Å². The summed E-state index contributed by atoms with van der Waals surface area (Å²) in [6, 6.07) is 30.2. The van der Waals surface area contributed by atoms with Crippen molar-refractivity contribution in [3.8, 4) is 23.0 Å². The Labute approximate surface area is 468 Å². The average molecular weight is 1100 g/mol. The van der Waals surface area contributed by atoms with Crippen molar-refractivity contribution < 1.29 is 47.5 Å². The summed E-state index contributed by atoms with van der Waals surface area (Å²) in [7, 11) is 12.5. The van der Waals surface area contributed by atoms with Gasteiger partial charge in [0.2, 0.25) is 0 Å². The van der Waals surface area contributed by atoms with Crippen molar-refractivity contribution in [2.24, 2.45) is 0 Å². The number of hydrogen-bond donors (Lipinski definition) is 0. The van der Waals surface area contributed by atoms with E-state index < -0.39 is 0 Å². The van der Waals surface area contributed by atoms with E-state index in [0.29, 0.717) is 112 Å². The largest absolute Gasteiger partial charge is 0.493 e. The molecule has 15 nitrogen and oxygen atoms in total. The molecular formula is C61H75N5O10S2. The standard InChI is InChI=1S/C61H75N5O10S2/c1-9-48(67)17-14-26-77-78-61(2,3)40-64(20-21-73-24-25-74-23-22-70-6)45-28-41(38-75-57-34-53-49(32-55(57)71-7)59(68)65-46(36-62(53)4)30-43-15-10-12-18-51(43)65)27-42(29-45)39-76-58-35-54-50(33-56(58)72-8)60(69)66-47(37-63(54)5)31-44-16-11-13-19-52(44)66/h10-13,15-16,18-19,27-29,32-35,46-47H,9,14,17,20-26,30-31,36-40H2,1-8H3/t46-,47-/m0/s1. The van der Waals surface area contributed by atoms with Crippen molar-refractivity contribution in [1.82, 2.24) is 0 Å². The molecule has 4 aliphatic heterocycles.